The van der Waals surface area contributed by atoms with Crippen molar-refractivity contribution in [3.8, 4) is 11.6 Å². The first kappa shape index (κ1) is 13.3. The summed E-state index contributed by atoms with van der Waals surface area (Å²) in [6.07, 6.45) is 5.08. The standard InChI is InChI=1S/C15H16N4O3/c20-15-19-4-3-18(9-12(19)10-22-15)8-11-6-16-14(17-7-11)13-2-1-5-21-13/h1-2,5-7,12H,3-4,8-10H2/t12-/m1/s1. The molecule has 0 aliphatic carbocycles. The molecule has 2 aliphatic heterocycles. The van der Waals surface area contributed by atoms with Gasteiger partial charge >= 0.3 is 6.09 Å². The van der Waals surface area contributed by atoms with E-state index in [1.165, 1.54) is 0 Å². The highest BCUT2D eigenvalue weighted by Crippen LogP contribution is 2.19. The van der Waals surface area contributed by atoms with Crippen molar-refractivity contribution in [2.24, 2.45) is 0 Å². The molecule has 1 atom stereocenters. The third-order valence-corrected chi connectivity index (χ3v) is 4.05. The average Bonchev–Trinajstić information content (AvgIpc) is 3.19. The molecule has 2 saturated heterocycles. The monoisotopic (exact) mass is 300 g/mol. The van der Waals surface area contributed by atoms with Gasteiger partial charge in [-0.05, 0) is 12.1 Å². The second-order valence-electron chi connectivity index (χ2n) is 5.55. The molecule has 0 N–H and O–H groups in total. The molecule has 7 nitrogen and oxygen atoms in total. The topological polar surface area (TPSA) is 71.7 Å². The molecule has 0 saturated carbocycles. The van der Waals surface area contributed by atoms with Crippen LogP contribution < -0.4 is 0 Å². The Bertz CT molecular complexity index is 656. The van der Waals surface area contributed by atoms with Crippen molar-refractivity contribution < 1.29 is 13.9 Å². The van der Waals surface area contributed by atoms with Gasteiger partial charge in [0.05, 0.1) is 12.3 Å². The number of cyclic esters (lactones) is 1. The molecule has 0 unspecified atom stereocenters. The Hall–Kier alpha value is -2.41. The van der Waals surface area contributed by atoms with E-state index < -0.39 is 0 Å². The molecule has 22 heavy (non-hydrogen) atoms. The van der Waals surface area contributed by atoms with Crippen LogP contribution in [0.5, 0.6) is 0 Å². The summed E-state index contributed by atoms with van der Waals surface area (Å²) in [6, 6.07) is 3.83. The number of hydrogen-bond donors (Lipinski definition) is 0. The fraction of sp³-hybridized carbons (Fsp3) is 0.400. The Morgan fingerprint density at radius 3 is 2.91 bits per heavy atom. The maximum Gasteiger partial charge on any atom is 0.410 e. The predicted octanol–water partition coefficient (Wildman–Crippen LogP) is 1.37. The molecule has 2 aromatic rings. The number of amides is 1. The fourth-order valence-corrected chi connectivity index (χ4v) is 2.92. The number of nitrogens with zero attached hydrogens (tertiary/aromatic N) is 4. The molecule has 2 aromatic heterocycles. The van der Waals surface area contributed by atoms with Crippen molar-refractivity contribution in [1.82, 2.24) is 19.8 Å². The largest absolute Gasteiger partial charge is 0.461 e. The number of ether oxygens (including phenoxy) is 1. The fourth-order valence-electron chi connectivity index (χ4n) is 2.92. The van der Waals surface area contributed by atoms with Gasteiger partial charge in [-0.15, -0.1) is 0 Å². The normalized spacial score (nSPS) is 21.7. The molecule has 0 radical (unpaired) electrons. The minimum atomic E-state index is -0.184. The van der Waals surface area contributed by atoms with E-state index in [1.807, 2.05) is 29.4 Å². The van der Waals surface area contributed by atoms with Gasteiger partial charge in [0.2, 0.25) is 0 Å². The van der Waals surface area contributed by atoms with Crippen LogP contribution in [0.15, 0.2) is 35.2 Å². The van der Waals surface area contributed by atoms with Crippen molar-refractivity contribution in [3.05, 3.63) is 36.4 Å². The maximum atomic E-state index is 11.5. The number of hydrogen-bond acceptors (Lipinski definition) is 6. The first-order chi connectivity index (χ1) is 10.8. The van der Waals surface area contributed by atoms with E-state index in [1.54, 1.807) is 6.26 Å². The molecule has 1 amide bonds. The van der Waals surface area contributed by atoms with Crippen LogP contribution in [0, 0.1) is 0 Å². The van der Waals surface area contributed by atoms with Gasteiger partial charge in [0, 0.05) is 44.1 Å². The number of furan rings is 1. The van der Waals surface area contributed by atoms with Crippen molar-refractivity contribution in [3.63, 3.8) is 0 Å². The van der Waals surface area contributed by atoms with Gasteiger partial charge in [0.25, 0.3) is 0 Å². The smallest absolute Gasteiger partial charge is 0.410 e. The van der Waals surface area contributed by atoms with Crippen LogP contribution in [0.4, 0.5) is 4.79 Å². The Kier molecular flexibility index (Phi) is 3.27. The predicted molar refractivity (Wildman–Crippen MR) is 76.9 cm³/mol. The number of aromatic nitrogens is 2. The van der Waals surface area contributed by atoms with Crippen molar-refractivity contribution in [2.75, 3.05) is 26.2 Å². The molecule has 0 spiro atoms. The van der Waals surface area contributed by atoms with E-state index in [2.05, 4.69) is 14.9 Å². The first-order valence-electron chi connectivity index (χ1n) is 7.30. The van der Waals surface area contributed by atoms with E-state index >= 15 is 0 Å². The molecule has 0 bridgehead atoms. The van der Waals surface area contributed by atoms with Gasteiger partial charge < -0.3 is 9.15 Å². The van der Waals surface area contributed by atoms with E-state index in [4.69, 9.17) is 9.15 Å². The van der Waals surface area contributed by atoms with Crippen LogP contribution >= 0.6 is 0 Å². The second kappa shape index (κ2) is 5.42. The third kappa shape index (κ3) is 2.43. The minimum Gasteiger partial charge on any atom is -0.461 e. The molecule has 7 heteroatoms. The zero-order valence-electron chi connectivity index (χ0n) is 12.0. The van der Waals surface area contributed by atoms with Crippen LogP contribution in [0.25, 0.3) is 11.6 Å². The number of carbonyl (C=O) groups is 1. The summed E-state index contributed by atoms with van der Waals surface area (Å²) in [4.78, 5) is 24.3. The van der Waals surface area contributed by atoms with E-state index in [-0.39, 0.29) is 12.1 Å². The number of piperazine rings is 1. The molecule has 2 fully saturated rings. The van der Waals surface area contributed by atoms with Crippen molar-refractivity contribution in [1.29, 1.82) is 0 Å². The van der Waals surface area contributed by atoms with Gasteiger partial charge in [-0.25, -0.2) is 14.8 Å². The van der Waals surface area contributed by atoms with Crippen LogP contribution in [-0.2, 0) is 11.3 Å². The summed E-state index contributed by atoms with van der Waals surface area (Å²) in [7, 11) is 0. The van der Waals surface area contributed by atoms with Crippen LogP contribution in [0.3, 0.4) is 0 Å². The van der Waals surface area contributed by atoms with Crippen LogP contribution in [-0.4, -0.2) is 58.1 Å². The summed E-state index contributed by atoms with van der Waals surface area (Å²) < 4.78 is 10.4. The zero-order chi connectivity index (χ0) is 14.9. The van der Waals surface area contributed by atoms with Crippen molar-refractivity contribution >= 4 is 6.09 Å². The molecule has 114 valence electrons. The number of carbonyl (C=O) groups excluding carboxylic acids is 1. The summed E-state index contributed by atoms with van der Waals surface area (Å²) in [5.41, 5.74) is 1.05. The third-order valence-electron chi connectivity index (χ3n) is 4.05. The summed E-state index contributed by atoms with van der Waals surface area (Å²) in [5.74, 6) is 1.26. The Balaban J connectivity index is 1.40. The summed E-state index contributed by atoms with van der Waals surface area (Å²) in [5, 5.41) is 0. The Labute approximate surface area is 127 Å². The summed E-state index contributed by atoms with van der Waals surface area (Å²) >= 11 is 0. The van der Waals surface area contributed by atoms with E-state index in [9.17, 15) is 4.79 Å². The van der Waals surface area contributed by atoms with Gasteiger partial charge in [-0.1, -0.05) is 0 Å². The van der Waals surface area contributed by atoms with Crippen molar-refractivity contribution in [2.45, 2.75) is 12.6 Å². The lowest BCUT2D eigenvalue weighted by molar-refractivity contribution is 0.115. The van der Waals surface area contributed by atoms with E-state index in [0.717, 1.165) is 31.7 Å². The molecule has 4 heterocycles. The molecule has 4 rings (SSSR count). The SMILES string of the molecule is O=C1OC[C@H]2CN(Cc3cnc(-c4ccco4)nc3)CCN12. The molecular weight excluding hydrogens is 284 g/mol. The lowest BCUT2D eigenvalue weighted by Gasteiger charge is -2.35. The number of fused-ring (bicyclic) bond motifs is 1. The highest BCUT2D eigenvalue weighted by atomic mass is 16.6. The molecular formula is C15H16N4O3. The quantitative estimate of drug-likeness (QED) is 0.852. The zero-order valence-corrected chi connectivity index (χ0v) is 12.0. The second-order valence-corrected chi connectivity index (χ2v) is 5.55. The van der Waals surface area contributed by atoms with Gasteiger partial charge in [-0.2, -0.15) is 0 Å². The molecule has 0 aromatic carbocycles. The Morgan fingerprint density at radius 2 is 2.14 bits per heavy atom. The van der Waals surface area contributed by atoms with Gasteiger partial charge in [0.1, 0.15) is 6.61 Å². The van der Waals surface area contributed by atoms with E-state index in [0.29, 0.717) is 18.2 Å². The van der Waals surface area contributed by atoms with Crippen LogP contribution in [0.2, 0.25) is 0 Å². The molecule has 2 aliphatic rings. The van der Waals surface area contributed by atoms with Gasteiger partial charge in [0.15, 0.2) is 11.6 Å². The lowest BCUT2D eigenvalue weighted by atomic mass is 10.2. The Morgan fingerprint density at radius 1 is 1.27 bits per heavy atom. The minimum absolute atomic E-state index is 0.171. The average molecular weight is 300 g/mol. The maximum absolute atomic E-state index is 11.5. The lowest BCUT2D eigenvalue weighted by Crippen LogP contribution is -2.51. The van der Waals surface area contributed by atoms with Crippen LogP contribution in [0.1, 0.15) is 5.56 Å². The van der Waals surface area contributed by atoms with Gasteiger partial charge in [-0.3, -0.25) is 9.80 Å². The number of rotatable bonds is 3. The highest BCUT2D eigenvalue weighted by Gasteiger charge is 2.37. The highest BCUT2D eigenvalue weighted by molar-refractivity contribution is 5.70. The first-order valence-corrected chi connectivity index (χ1v) is 7.30. The summed E-state index contributed by atoms with van der Waals surface area (Å²) in [6.45, 7) is 3.65.